The number of esters is 4. The number of aliphatic hydroxyl groups is 1. The molecule has 0 heterocycles. The minimum absolute atomic E-state index is 0.105. The molecule has 0 amide bonds. The van der Waals surface area contributed by atoms with Gasteiger partial charge in [0.1, 0.15) is 19.3 Å². The second-order valence-corrected chi connectivity index (χ2v) is 31.5. The molecule has 0 aromatic carbocycles. The van der Waals surface area contributed by atoms with Gasteiger partial charge in [-0.1, -0.05) is 319 Å². The van der Waals surface area contributed by atoms with Crippen molar-refractivity contribution < 1.29 is 80.2 Å². The summed E-state index contributed by atoms with van der Waals surface area (Å²) in [6.45, 7) is 14.1. The molecule has 0 bridgehead atoms. The maximum absolute atomic E-state index is 13.1. The van der Waals surface area contributed by atoms with Crippen LogP contribution in [0.15, 0.2) is 0 Å². The third kappa shape index (κ3) is 68.4. The highest BCUT2D eigenvalue weighted by atomic mass is 31.2. The number of carbonyl (C=O) groups excluding carboxylic acids is 4. The first-order valence-corrected chi connectivity index (χ1v) is 41.2. The molecular weight excluding hydrogens is 1220 g/mol. The summed E-state index contributed by atoms with van der Waals surface area (Å²) < 4.78 is 68.4. The van der Waals surface area contributed by atoms with Crippen molar-refractivity contribution in [3.63, 3.8) is 0 Å². The van der Waals surface area contributed by atoms with Crippen molar-refractivity contribution in [3.8, 4) is 0 Å². The fourth-order valence-corrected chi connectivity index (χ4v) is 12.8. The van der Waals surface area contributed by atoms with Crippen LogP contribution in [0.2, 0.25) is 0 Å². The van der Waals surface area contributed by atoms with Crippen molar-refractivity contribution in [1.29, 1.82) is 0 Å². The van der Waals surface area contributed by atoms with Gasteiger partial charge < -0.3 is 33.8 Å². The molecule has 0 aromatic heterocycles. The van der Waals surface area contributed by atoms with Gasteiger partial charge in [-0.2, -0.15) is 0 Å². The Bertz CT molecular complexity index is 1830. The van der Waals surface area contributed by atoms with Crippen LogP contribution < -0.4 is 0 Å². The van der Waals surface area contributed by atoms with E-state index in [-0.39, 0.29) is 25.7 Å². The van der Waals surface area contributed by atoms with Crippen molar-refractivity contribution in [2.24, 2.45) is 23.7 Å². The lowest BCUT2D eigenvalue weighted by Crippen LogP contribution is -2.30. The highest BCUT2D eigenvalue weighted by Gasteiger charge is 2.30. The largest absolute Gasteiger partial charge is 0.472 e. The lowest BCUT2D eigenvalue weighted by Gasteiger charge is -2.21. The summed E-state index contributed by atoms with van der Waals surface area (Å²) in [5.41, 5.74) is 0. The van der Waals surface area contributed by atoms with Crippen LogP contribution in [0.4, 0.5) is 0 Å². The number of unbranched alkanes of at least 4 members (excludes halogenated alkanes) is 37. The monoisotopic (exact) mass is 1370 g/mol. The van der Waals surface area contributed by atoms with Gasteiger partial charge in [-0.3, -0.25) is 37.3 Å². The Labute approximate surface area is 568 Å². The Morgan fingerprint density at radius 3 is 0.667 bits per heavy atom. The van der Waals surface area contributed by atoms with Crippen LogP contribution in [0.1, 0.15) is 370 Å². The molecule has 0 saturated heterocycles. The van der Waals surface area contributed by atoms with Gasteiger partial charge in [-0.15, -0.1) is 0 Å². The second-order valence-electron chi connectivity index (χ2n) is 28.6. The van der Waals surface area contributed by atoms with Gasteiger partial charge in [0.2, 0.25) is 0 Å². The number of aliphatic hydroxyl groups excluding tert-OH is 1. The molecule has 17 nitrogen and oxygen atoms in total. The summed E-state index contributed by atoms with van der Waals surface area (Å²) >= 11 is 0. The van der Waals surface area contributed by atoms with Gasteiger partial charge in [-0.25, -0.2) is 9.13 Å². The Kier molecular flexibility index (Phi) is 62.2. The first kappa shape index (κ1) is 91.1. The van der Waals surface area contributed by atoms with Gasteiger partial charge in [0.05, 0.1) is 26.4 Å². The summed E-state index contributed by atoms with van der Waals surface area (Å²) in [6, 6.07) is 0. The van der Waals surface area contributed by atoms with E-state index < -0.39 is 97.5 Å². The maximum atomic E-state index is 13.1. The van der Waals surface area contributed by atoms with Crippen molar-refractivity contribution in [3.05, 3.63) is 0 Å². The maximum Gasteiger partial charge on any atom is 0.472 e. The number of hydrogen-bond donors (Lipinski definition) is 3. The molecule has 93 heavy (non-hydrogen) atoms. The average molecular weight is 1370 g/mol. The molecule has 3 N–H and O–H groups in total. The molecule has 0 spiro atoms. The topological polar surface area (TPSA) is 237 Å². The van der Waals surface area contributed by atoms with E-state index in [0.717, 1.165) is 114 Å². The molecule has 2 unspecified atom stereocenters. The highest BCUT2D eigenvalue weighted by Crippen LogP contribution is 2.45. The Balaban J connectivity index is 5.24. The summed E-state index contributed by atoms with van der Waals surface area (Å²) in [5.74, 6) is 0.879. The SMILES string of the molecule is CC(C)CCCCCCCCCCCCCCC(=O)OC[C@H](COP(=O)(O)OC[C@@H](O)COP(=O)(O)OC[C@@H](COC(=O)CCCCCCCCC(C)C)OC(=O)CCCCCCCCCCCCCCC(C)C)OC(=O)CCCCCCCCCCCCCC(C)C. The quantitative estimate of drug-likeness (QED) is 0.0222. The second kappa shape index (κ2) is 63.5. The highest BCUT2D eigenvalue weighted by molar-refractivity contribution is 7.47. The van der Waals surface area contributed by atoms with Crippen LogP contribution in [0, 0.1) is 23.7 Å². The van der Waals surface area contributed by atoms with Gasteiger partial charge in [0.15, 0.2) is 12.2 Å². The van der Waals surface area contributed by atoms with E-state index in [1.165, 1.54) is 167 Å². The fraction of sp³-hybridized carbons (Fsp3) is 0.946. The van der Waals surface area contributed by atoms with Crippen LogP contribution in [-0.4, -0.2) is 96.7 Å². The number of phosphoric acid groups is 2. The standard InChI is InChI=1S/C74H144O17P2/c1-64(2)50-42-34-26-20-14-9-11-17-23-29-38-46-54-71(76)84-60-69(90-74(79)57-49-41-31-25-19-13-16-22-28-36-44-52-66(5)6)62-88-92(80,81)86-58-68(75)59-87-93(82,83)89-63-70(61-85-72(77)55-47-39-33-32-37-45-53-67(7)8)91-73(78)56-48-40-30-24-18-12-10-15-21-27-35-43-51-65(3)4/h64-70,75H,9-63H2,1-8H3,(H,80,81)(H,82,83)/t68-,69-,70-/m1/s1. The van der Waals surface area contributed by atoms with Crippen LogP contribution >= 0.6 is 15.6 Å². The predicted molar refractivity (Wildman–Crippen MR) is 377 cm³/mol. The van der Waals surface area contributed by atoms with E-state index in [4.69, 9.17) is 37.0 Å². The number of carbonyl (C=O) groups is 4. The number of rotatable bonds is 71. The smallest absolute Gasteiger partial charge is 0.462 e. The first-order valence-electron chi connectivity index (χ1n) is 38.2. The van der Waals surface area contributed by atoms with Gasteiger partial charge >= 0.3 is 39.5 Å². The molecule has 552 valence electrons. The van der Waals surface area contributed by atoms with Gasteiger partial charge in [0.25, 0.3) is 0 Å². The van der Waals surface area contributed by atoms with Crippen molar-refractivity contribution in [2.75, 3.05) is 39.6 Å². The van der Waals surface area contributed by atoms with Gasteiger partial charge in [-0.05, 0) is 49.4 Å². The summed E-state index contributed by atoms with van der Waals surface area (Å²) in [6.07, 6.45) is 47.3. The fourth-order valence-electron chi connectivity index (χ4n) is 11.2. The first-order chi connectivity index (χ1) is 44.6. The average Bonchev–Trinajstić information content (AvgIpc) is 2.32. The third-order valence-corrected chi connectivity index (χ3v) is 19.0. The summed E-state index contributed by atoms with van der Waals surface area (Å²) in [4.78, 5) is 72.7. The minimum Gasteiger partial charge on any atom is -0.462 e. The van der Waals surface area contributed by atoms with E-state index in [1.807, 2.05) is 0 Å². The Hall–Kier alpha value is -1.94. The molecule has 0 radical (unpaired) electrons. The summed E-state index contributed by atoms with van der Waals surface area (Å²) in [7, 11) is -9.91. The molecular formula is C74H144O17P2. The zero-order chi connectivity index (χ0) is 68.9. The zero-order valence-corrected chi connectivity index (χ0v) is 62.7. The van der Waals surface area contributed by atoms with E-state index in [9.17, 15) is 43.2 Å². The predicted octanol–water partition coefficient (Wildman–Crippen LogP) is 21.3. The molecule has 0 saturated carbocycles. The minimum atomic E-state index is -4.96. The van der Waals surface area contributed by atoms with Crippen molar-refractivity contribution >= 4 is 39.5 Å². The number of ether oxygens (including phenoxy) is 4. The van der Waals surface area contributed by atoms with Crippen LogP contribution in [-0.2, 0) is 65.4 Å². The molecule has 0 aliphatic rings. The van der Waals surface area contributed by atoms with Gasteiger partial charge in [0, 0.05) is 25.7 Å². The van der Waals surface area contributed by atoms with E-state index in [0.29, 0.717) is 31.6 Å². The molecule has 0 rings (SSSR count). The van der Waals surface area contributed by atoms with Crippen molar-refractivity contribution in [1.82, 2.24) is 0 Å². The molecule has 19 heteroatoms. The van der Waals surface area contributed by atoms with Crippen LogP contribution in [0.3, 0.4) is 0 Å². The van der Waals surface area contributed by atoms with E-state index in [2.05, 4.69) is 55.4 Å². The number of phosphoric ester groups is 2. The lowest BCUT2D eigenvalue weighted by atomic mass is 10.0. The number of hydrogen-bond acceptors (Lipinski definition) is 15. The zero-order valence-electron chi connectivity index (χ0n) is 60.9. The van der Waals surface area contributed by atoms with E-state index in [1.54, 1.807) is 0 Å². The normalized spacial score (nSPS) is 14.2. The Morgan fingerprint density at radius 2 is 0.452 bits per heavy atom. The molecule has 0 aliphatic carbocycles. The molecule has 0 fully saturated rings. The third-order valence-electron chi connectivity index (χ3n) is 17.1. The molecule has 0 aliphatic heterocycles. The Morgan fingerprint density at radius 1 is 0.269 bits per heavy atom. The molecule has 5 atom stereocenters. The van der Waals surface area contributed by atoms with E-state index >= 15 is 0 Å². The molecule has 0 aromatic rings. The lowest BCUT2D eigenvalue weighted by molar-refractivity contribution is -0.161. The van der Waals surface area contributed by atoms with Crippen LogP contribution in [0.25, 0.3) is 0 Å². The van der Waals surface area contributed by atoms with Crippen LogP contribution in [0.5, 0.6) is 0 Å². The van der Waals surface area contributed by atoms with Crippen molar-refractivity contribution in [2.45, 2.75) is 388 Å². The summed E-state index contributed by atoms with van der Waals surface area (Å²) in [5, 5.41) is 10.6.